The van der Waals surface area contributed by atoms with Gasteiger partial charge in [-0.3, -0.25) is 9.69 Å². The van der Waals surface area contributed by atoms with Crippen molar-refractivity contribution in [2.24, 2.45) is 0 Å². The molecule has 1 saturated heterocycles. The maximum atomic E-state index is 12.1. The smallest absolute Gasteiger partial charge is 0.223 e. The van der Waals surface area contributed by atoms with Gasteiger partial charge in [-0.15, -0.1) is 0 Å². The summed E-state index contributed by atoms with van der Waals surface area (Å²) in [6.45, 7) is 4.99. The van der Waals surface area contributed by atoms with Crippen molar-refractivity contribution < 1.29 is 14.6 Å². The molecule has 0 bridgehead atoms. The maximum Gasteiger partial charge on any atom is 0.223 e. The monoisotopic (exact) mass is 332 g/mol. The van der Waals surface area contributed by atoms with Crippen LogP contribution in [0.25, 0.3) is 0 Å². The molecule has 2 fully saturated rings. The molecule has 1 saturated carbocycles. The standard InChI is InChI=1S/C19H28N2O3/c22-18(13-19(23)6-1-2-7-19)20-14-16-4-3-5-17(12-16)15-21-8-10-24-11-9-21/h3-5,12,23H,1-2,6-11,13-15H2,(H,20,22). The first-order valence-electron chi connectivity index (χ1n) is 9.00. The van der Waals surface area contributed by atoms with Crippen LogP contribution in [0.2, 0.25) is 0 Å². The van der Waals surface area contributed by atoms with E-state index in [1.54, 1.807) is 0 Å². The Morgan fingerprint density at radius 2 is 1.92 bits per heavy atom. The third-order valence-corrected chi connectivity index (χ3v) is 5.01. The molecule has 0 radical (unpaired) electrons. The average Bonchev–Trinajstić information content (AvgIpc) is 3.00. The van der Waals surface area contributed by atoms with E-state index >= 15 is 0 Å². The van der Waals surface area contributed by atoms with E-state index in [9.17, 15) is 9.90 Å². The van der Waals surface area contributed by atoms with Crippen LogP contribution in [0.1, 0.15) is 43.2 Å². The van der Waals surface area contributed by atoms with Crippen LogP contribution in [0.4, 0.5) is 0 Å². The Hall–Kier alpha value is -1.43. The highest BCUT2D eigenvalue weighted by atomic mass is 16.5. The van der Waals surface area contributed by atoms with Crippen LogP contribution < -0.4 is 5.32 Å². The first-order chi connectivity index (χ1) is 11.6. The fraction of sp³-hybridized carbons (Fsp3) is 0.632. The van der Waals surface area contributed by atoms with Crippen LogP contribution in [0.3, 0.4) is 0 Å². The topological polar surface area (TPSA) is 61.8 Å². The first kappa shape index (κ1) is 17.4. The van der Waals surface area contributed by atoms with Crippen molar-refractivity contribution in [2.75, 3.05) is 26.3 Å². The zero-order valence-electron chi connectivity index (χ0n) is 14.3. The summed E-state index contributed by atoms with van der Waals surface area (Å²) in [6, 6.07) is 8.36. The lowest BCUT2D eigenvalue weighted by Gasteiger charge is -2.26. The molecule has 2 aliphatic rings. The third-order valence-electron chi connectivity index (χ3n) is 5.01. The normalized spacial score (nSPS) is 20.9. The van der Waals surface area contributed by atoms with Crippen molar-refractivity contribution in [1.82, 2.24) is 10.2 Å². The summed E-state index contributed by atoms with van der Waals surface area (Å²) in [4.78, 5) is 14.5. The van der Waals surface area contributed by atoms with E-state index in [-0.39, 0.29) is 12.3 Å². The van der Waals surface area contributed by atoms with Crippen LogP contribution >= 0.6 is 0 Å². The Labute approximate surface area is 144 Å². The summed E-state index contributed by atoms with van der Waals surface area (Å²) in [5.41, 5.74) is 1.59. The molecule has 0 atom stereocenters. The molecule has 1 aromatic rings. The molecule has 5 nitrogen and oxygen atoms in total. The number of carbonyl (C=O) groups excluding carboxylic acids is 1. The number of hydrogen-bond donors (Lipinski definition) is 2. The van der Waals surface area contributed by atoms with Crippen LogP contribution in [-0.2, 0) is 22.6 Å². The van der Waals surface area contributed by atoms with Gasteiger partial charge in [0.1, 0.15) is 0 Å². The van der Waals surface area contributed by atoms with Crippen molar-refractivity contribution in [3.05, 3.63) is 35.4 Å². The van der Waals surface area contributed by atoms with Gasteiger partial charge in [0.25, 0.3) is 0 Å². The summed E-state index contributed by atoms with van der Waals surface area (Å²) in [5, 5.41) is 13.3. The zero-order valence-corrected chi connectivity index (χ0v) is 14.3. The number of carbonyl (C=O) groups is 1. The van der Waals surface area contributed by atoms with Gasteiger partial charge in [-0.2, -0.15) is 0 Å². The van der Waals surface area contributed by atoms with Crippen LogP contribution in [-0.4, -0.2) is 47.8 Å². The second kappa shape index (κ2) is 8.10. The Kier molecular flexibility index (Phi) is 5.87. The maximum absolute atomic E-state index is 12.1. The van der Waals surface area contributed by atoms with Crippen LogP contribution in [0.15, 0.2) is 24.3 Å². The Morgan fingerprint density at radius 3 is 2.67 bits per heavy atom. The molecule has 0 aromatic heterocycles. The summed E-state index contributed by atoms with van der Waals surface area (Å²) in [7, 11) is 0. The predicted octanol–water partition coefficient (Wildman–Crippen LogP) is 1.83. The molecule has 1 amide bonds. The lowest BCUT2D eigenvalue weighted by Crippen LogP contribution is -2.35. The lowest BCUT2D eigenvalue weighted by molar-refractivity contribution is -0.126. The second-order valence-electron chi connectivity index (χ2n) is 7.09. The minimum atomic E-state index is -0.776. The fourth-order valence-corrected chi connectivity index (χ4v) is 3.63. The third kappa shape index (κ3) is 5.03. The Balaban J connectivity index is 1.48. The van der Waals surface area contributed by atoms with E-state index in [1.165, 1.54) is 5.56 Å². The average molecular weight is 332 g/mol. The fourth-order valence-electron chi connectivity index (χ4n) is 3.63. The molecule has 24 heavy (non-hydrogen) atoms. The number of nitrogens with one attached hydrogen (secondary N) is 1. The highest BCUT2D eigenvalue weighted by Gasteiger charge is 2.33. The van der Waals surface area contributed by atoms with Gasteiger partial charge in [0, 0.05) is 26.2 Å². The summed E-state index contributed by atoms with van der Waals surface area (Å²) >= 11 is 0. The molecule has 0 unspecified atom stereocenters. The quantitative estimate of drug-likeness (QED) is 0.834. The molecule has 3 rings (SSSR count). The Morgan fingerprint density at radius 1 is 1.21 bits per heavy atom. The van der Waals surface area contributed by atoms with Crippen molar-refractivity contribution >= 4 is 5.91 Å². The highest BCUT2D eigenvalue weighted by Crippen LogP contribution is 2.32. The number of morpholine rings is 1. The number of benzene rings is 1. The highest BCUT2D eigenvalue weighted by molar-refractivity contribution is 5.77. The van der Waals surface area contributed by atoms with Gasteiger partial charge in [0.05, 0.1) is 25.2 Å². The van der Waals surface area contributed by atoms with E-state index in [0.717, 1.165) is 64.1 Å². The van der Waals surface area contributed by atoms with Crippen molar-refractivity contribution in [3.63, 3.8) is 0 Å². The second-order valence-corrected chi connectivity index (χ2v) is 7.09. The molecular formula is C19H28N2O3. The molecule has 2 N–H and O–H groups in total. The molecular weight excluding hydrogens is 304 g/mol. The molecule has 132 valence electrons. The Bertz CT molecular complexity index is 549. The largest absolute Gasteiger partial charge is 0.389 e. The van der Waals surface area contributed by atoms with Gasteiger partial charge in [0.2, 0.25) is 5.91 Å². The molecule has 1 heterocycles. The predicted molar refractivity (Wildman–Crippen MR) is 92.4 cm³/mol. The van der Waals surface area contributed by atoms with Gasteiger partial charge < -0.3 is 15.2 Å². The van der Waals surface area contributed by atoms with Gasteiger partial charge >= 0.3 is 0 Å². The number of aliphatic hydroxyl groups is 1. The summed E-state index contributed by atoms with van der Waals surface area (Å²) in [5.74, 6) is -0.0574. The van der Waals surface area contributed by atoms with E-state index in [0.29, 0.717) is 6.54 Å². The van der Waals surface area contributed by atoms with E-state index < -0.39 is 5.60 Å². The summed E-state index contributed by atoms with van der Waals surface area (Å²) in [6.07, 6.45) is 3.76. The van der Waals surface area contributed by atoms with Gasteiger partial charge in [-0.25, -0.2) is 0 Å². The SMILES string of the molecule is O=C(CC1(O)CCCC1)NCc1cccc(CN2CCOCC2)c1. The number of amides is 1. The van der Waals surface area contributed by atoms with Crippen molar-refractivity contribution in [1.29, 1.82) is 0 Å². The van der Waals surface area contributed by atoms with Gasteiger partial charge in [-0.1, -0.05) is 37.1 Å². The number of ether oxygens (including phenoxy) is 1. The minimum Gasteiger partial charge on any atom is -0.389 e. The molecule has 1 aliphatic heterocycles. The van der Waals surface area contributed by atoms with Gasteiger partial charge in [0.15, 0.2) is 0 Å². The molecule has 1 aliphatic carbocycles. The van der Waals surface area contributed by atoms with Crippen LogP contribution in [0, 0.1) is 0 Å². The first-order valence-corrected chi connectivity index (χ1v) is 9.00. The van der Waals surface area contributed by atoms with Crippen molar-refractivity contribution in [3.8, 4) is 0 Å². The zero-order chi connectivity index (χ0) is 16.8. The van der Waals surface area contributed by atoms with Gasteiger partial charge in [-0.05, 0) is 24.0 Å². The molecule has 5 heteroatoms. The van der Waals surface area contributed by atoms with E-state index in [1.807, 2.05) is 12.1 Å². The van der Waals surface area contributed by atoms with Crippen molar-refractivity contribution in [2.45, 2.75) is 50.8 Å². The number of hydrogen-bond acceptors (Lipinski definition) is 4. The van der Waals surface area contributed by atoms with Crippen LogP contribution in [0.5, 0.6) is 0 Å². The number of nitrogens with zero attached hydrogens (tertiary/aromatic N) is 1. The lowest BCUT2D eigenvalue weighted by atomic mass is 9.97. The summed E-state index contributed by atoms with van der Waals surface area (Å²) < 4.78 is 5.38. The molecule has 1 aromatic carbocycles. The van der Waals surface area contributed by atoms with E-state index in [4.69, 9.17) is 4.74 Å². The molecule has 0 spiro atoms. The van der Waals surface area contributed by atoms with E-state index in [2.05, 4.69) is 22.3 Å². The number of rotatable bonds is 6. The minimum absolute atomic E-state index is 0.0574.